The molecule has 0 spiro atoms. The molecule has 0 aromatic heterocycles. The van der Waals surface area contributed by atoms with Gasteiger partial charge in [0, 0.05) is 24.9 Å². The third-order valence-electron chi connectivity index (χ3n) is 4.65. The van der Waals surface area contributed by atoms with E-state index in [0.29, 0.717) is 24.3 Å². The van der Waals surface area contributed by atoms with Crippen LogP contribution in [0.3, 0.4) is 0 Å². The number of aliphatic imine (C=N–C) groups is 1. The number of methoxy groups -OCH3 is 2. The van der Waals surface area contributed by atoms with Gasteiger partial charge >= 0.3 is 0 Å². The lowest BCUT2D eigenvalue weighted by Crippen LogP contribution is -2.35. The Morgan fingerprint density at radius 3 is 2.11 bits per heavy atom. The van der Waals surface area contributed by atoms with Crippen LogP contribution in [-0.4, -0.2) is 51.4 Å². The topological polar surface area (TPSA) is 88.4 Å². The fourth-order valence-electron chi connectivity index (χ4n) is 3.10. The first-order valence-corrected chi connectivity index (χ1v) is 10.5. The summed E-state index contributed by atoms with van der Waals surface area (Å²) < 4.78 is 37.2. The highest BCUT2D eigenvalue weighted by Gasteiger charge is 2.25. The summed E-state index contributed by atoms with van der Waals surface area (Å²) in [4.78, 5) is 4.65. The second-order valence-corrected chi connectivity index (χ2v) is 8.43. The molecule has 0 aliphatic carbocycles. The van der Waals surface area contributed by atoms with E-state index in [1.807, 2.05) is 0 Å². The number of rotatable bonds is 6. The highest BCUT2D eigenvalue weighted by atomic mass is 32.2. The van der Waals surface area contributed by atoms with Crippen molar-refractivity contribution in [2.75, 3.05) is 27.3 Å². The molecule has 3 rings (SSSR count). The SMILES string of the molecule is COc1cc(C=Nc2ccc(S(=O)(=O)N3CCCCC3)cc2)cc(OC)c1O. The van der Waals surface area contributed by atoms with Crippen LogP contribution < -0.4 is 9.47 Å². The molecule has 0 saturated carbocycles. The van der Waals surface area contributed by atoms with Crippen molar-refractivity contribution in [2.24, 2.45) is 4.99 Å². The largest absolute Gasteiger partial charge is 0.502 e. The van der Waals surface area contributed by atoms with Gasteiger partial charge in [-0.3, -0.25) is 4.99 Å². The predicted octanol–water partition coefficient (Wildman–Crippen LogP) is 3.33. The first-order chi connectivity index (χ1) is 13.5. The van der Waals surface area contributed by atoms with Crippen LogP contribution in [0.1, 0.15) is 24.8 Å². The highest BCUT2D eigenvalue weighted by molar-refractivity contribution is 7.89. The van der Waals surface area contributed by atoms with Crippen LogP contribution in [-0.2, 0) is 10.0 Å². The molecule has 0 atom stereocenters. The number of sulfonamides is 1. The molecule has 0 unspecified atom stereocenters. The second kappa shape index (κ2) is 8.62. The van der Waals surface area contributed by atoms with E-state index >= 15 is 0 Å². The Kier molecular flexibility index (Phi) is 6.21. The van der Waals surface area contributed by atoms with Crippen LogP contribution in [0.25, 0.3) is 0 Å². The van der Waals surface area contributed by atoms with Crippen LogP contribution in [0.15, 0.2) is 46.3 Å². The number of hydrogen-bond donors (Lipinski definition) is 1. The Hall–Kier alpha value is -2.58. The average Bonchev–Trinajstić information content (AvgIpc) is 2.74. The minimum absolute atomic E-state index is 0.0746. The number of benzene rings is 2. The van der Waals surface area contributed by atoms with Crippen LogP contribution >= 0.6 is 0 Å². The zero-order valence-corrected chi connectivity index (χ0v) is 16.8. The van der Waals surface area contributed by atoms with Crippen LogP contribution in [0, 0.1) is 0 Å². The van der Waals surface area contributed by atoms with Crippen molar-refractivity contribution in [3.63, 3.8) is 0 Å². The van der Waals surface area contributed by atoms with E-state index < -0.39 is 10.0 Å². The molecular weight excluding hydrogens is 380 g/mol. The Bertz CT molecular complexity index is 924. The van der Waals surface area contributed by atoms with E-state index in [1.165, 1.54) is 14.2 Å². The molecule has 1 aliphatic heterocycles. The van der Waals surface area contributed by atoms with Gasteiger partial charge in [-0.05, 0) is 49.2 Å². The highest BCUT2D eigenvalue weighted by Crippen LogP contribution is 2.36. The Labute approximate surface area is 165 Å². The molecule has 0 bridgehead atoms. The Balaban J connectivity index is 1.79. The molecule has 0 amide bonds. The van der Waals surface area contributed by atoms with Crippen LogP contribution in [0.5, 0.6) is 17.2 Å². The number of aromatic hydroxyl groups is 1. The van der Waals surface area contributed by atoms with E-state index in [9.17, 15) is 13.5 Å². The van der Waals surface area contributed by atoms with Crippen molar-refractivity contribution >= 4 is 21.9 Å². The van der Waals surface area contributed by atoms with Crippen molar-refractivity contribution < 1.29 is 23.0 Å². The molecule has 8 heteroatoms. The van der Waals surface area contributed by atoms with Gasteiger partial charge in [-0.25, -0.2) is 8.42 Å². The summed E-state index contributed by atoms with van der Waals surface area (Å²) in [6.07, 6.45) is 4.48. The zero-order chi connectivity index (χ0) is 20.1. The number of ether oxygens (including phenoxy) is 2. The lowest BCUT2D eigenvalue weighted by Gasteiger charge is -2.25. The maximum Gasteiger partial charge on any atom is 0.243 e. The van der Waals surface area contributed by atoms with Gasteiger partial charge in [0.15, 0.2) is 11.5 Å². The third kappa shape index (κ3) is 4.28. The Morgan fingerprint density at radius 1 is 1.00 bits per heavy atom. The van der Waals surface area contributed by atoms with Gasteiger partial charge in [0.2, 0.25) is 15.8 Å². The molecular formula is C20H24N2O5S. The minimum atomic E-state index is -3.45. The summed E-state index contributed by atoms with van der Waals surface area (Å²) in [5.74, 6) is 0.488. The minimum Gasteiger partial charge on any atom is -0.502 e. The standard InChI is InChI=1S/C20H24N2O5S/c1-26-18-12-15(13-19(27-2)20(18)23)14-21-16-6-8-17(9-7-16)28(24,25)22-10-4-3-5-11-22/h6-9,12-14,23H,3-5,10-11H2,1-2H3. The quantitative estimate of drug-likeness (QED) is 0.746. The van der Waals surface area contributed by atoms with Gasteiger partial charge in [-0.2, -0.15) is 4.31 Å². The number of piperidine rings is 1. The van der Waals surface area contributed by atoms with Crippen molar-refractivity contribution in [3.8, 4) is 17.2 Å². The molecule has 0 radical (unpaired) electrons. The van der Waals surface area contributed by atoms with Crippen LogP contribution in [0.2, 0.25) is 0 Å². The van der Waals surface area contributed by atoms with E-state index in [2.05, 4.69) is 4.99 Å². The number of nitrogens with zero attached hydrogens (tertiary/aromatic N) is 2. The summed E-state index contributed by atoms with van der Waals surface area (Å²) in [5, 5.41) is 9.96. The van der Waals surface area contributed by atoms with Crippen molar-refractivity contribution in [1.82, 2.24) is 4.31 Å². The third-order valence-corrected chi connectivity index (χ3v) is 6.57. The van der Waals surface area contributed by atoms with Gasteiger partial charge in [-0.15, -0.1) is 0 Å². The fraction of sp³-hybridized carbons (Fsp3) is 0.350. The molecule has 1 saturated heterocycles. The molecule has 150 valence electrons. The normalized spacial score (nSPS) is 15.6. The van der Waals surface area contributed by atoms with Crippen molar-refractivity contribution in [3.05, 3.63) is 42.0 Å². The summed E-state index contributed by atoms with van der Waals surface area (Å²) in [7, 11) is -0.538. The first-order valence-electron chi connectivity index (χ1n) is 9.05. The summed E-state index contributed by atoms with van der Waals surface area (Å²) >= 11 is 0. The second-order valence-electron chi connectivity index (χ2n) is 6.49. The summed E-state index contributed by atoms with van der Waals surface area (Å²) in [5.41, 5.74) is 1.29. The van der Waals surface area contributed by atoms with Crippen LogP contribution in [0.4, 0.5) is 5.69 Å². The maximum absolute atomic E-state index is 12.7. The van der Waals surface area contributed by atoms with Gasteiger partial charge in [0.05, 0.1) is 24.8 Å². The molecule has 2 aromatic carbocycles. The molecule has 28 heavy (non-hydrogen) atoms. The monoisotopic (exact) mass is 404 g/mol. The van der Waals surface area contributed by atoms with Gasteiger partial charge in [0.25, 0.3) is 0 Å². The molecule has 1 heterocycles. The van der Waals surface area contributed by atoms with E-state index in [4.69, 9.17) is 9.47 Å². The summed E-state index contributed by atoms with van der Waals surface area (Å²) in [6, 6.07) is 9.76. The predicted molar refractivity (Wildman–Crippen MR) is 108 cm³/mol. The Morgan fingerprint density at radius 2 is 1.57 bits per heavy atom. The lowest BCUT2D eigenvalue weighted by atomic mass is 10.2. The average molecular weight is 404 g/mol. The van der Waals surface area contributed by atoms with E-state index in [1.54, 1.807) is 46.9 Å². The van der Waals surface area contributed by atoms with Gasteiger partial charge in [0.1, 0.15) is 0 Å². The van der Waals surface area contributed by atoms with Gasteiger partial charge < -0.3 is 14.6 Å². The maximum atomic E-state index is 12.7. The fourth-order valence-corrected chi connectivity index (χ4v) is 4.61. The number of phenols is 1. The zero-order valence-electron chi connectivity index (χ0n) is 16.0. The van der Waals surface area contributed by atoms with Crippen molar-refractivity contribution in [1.29, 1.82) is 0 Å². The summed E-state index contributed by atoms with van der Waals surface area (Å²) in [6.45, 7) is 1.15. The first kappa shape index (κ1) is 20.2. The van der Waals surface area contributed by atoms with Gasteiger partial charge in [-0.1, -0.05) is 6.42 Å². The molecule has 2 aromatic rings. The number of hydrogen-bond acceptors (Lipinski definition) is 6. The van der Waals surface area contributed by atoms with Crippen molar-refractivity contribution in [2.45, 2.75) is 24.2 Å². The lowest BCUT2D eigenvalue weighted by molar-refractivity contribution is 0.340. The van der Waals surface area contributed by atoms with E-state index in [-0.39, 0.29) is 22.1 Å². The smallest absolute Gasteiger partial charge is 0.243 e. The molecule has 7 nitrogen and oxygen atoms in total. The van der Waals surface area contributed by atoms with E-state index in [0.717, 1.165) is 19.3 Å². The molecule has 1 N–H and O–H groups in total. The number of phenolic OH excluding ortho intramolecular Hbond substituents is 1. The molecule has 1 fully saturated rings. The molecule has 1 aliphatic rings.